The van der Waals surface area contributed by atoms with E-state index in [1.165, 1.54) is 0 Å². The van der Waals surface area contributed by atoms with Gasteiger partial charge in [-0.05, 0) is 44.0 Å². The average molecular weight is 274 g/mol. The minimum atomic E-state index is -0.00810. The van der Waals surface area contributed by atoms with E-state index in [-0.39, 0.29) is 17.9 Å². The Morgan fingerprint density at radius 1 is 1.50 bits per heavy atom. The molecule has 1 aromatic carbocycles. The predicted molar refractivity (Wildman–Crippen MR) is 79.8 cm³/mol. The molecule has 0 bridgehead atoms. The van der Waals surface area contributed by atoms with Crippen molar-refractivity contribution in [2.75, 3.05) is 25.0 Å². The molecular formula is C16H22N2O2. The number of anilines is 1. The number of fused-ring (bicyclic) bond motifs is 1. The second-order valence-corrected chi connectivity index (χ2v) is 5.72. The lowest BCUT2D eigenvalue weighted by atomic mass is 10.0. The summed E-state index contributed by atoms with van der Waals surface area (Å²) in [5.41, 5.74) is 1.81. The summed E-state index contributed by atoms with van der Waals surface area (Å²) in [6.07, 6.45) is 3.27. The molecule has 108 valence electrons. The molecule has 2 aliphatic heterocycles. The molecule has 0 saturated carbocycles. The third kappa shape index (κ3) is 2.40. The van der Waals surface area contributed by atoms with Crippen molar-refractivity contribution in [3.8, 4) is 5.75 Å². The van der Waals surface area contributed by atoms with Gasteiger partial charge in [0, 0.05) is 12.6 Å². The van der Waals surface area contributed by atoms with Crippen LogP contribution in [0.4, 0.5) is 5.69 Å². The molecule has 2 atom stereocenters. The van der Waals surface area contributed by atoms with Crippen molar-refractivity contribution in [2.24, 2.45) is 0 Å². The maximum Gasteiger partial charge on any atom is 0.179 e. The molecule has 4 heteroatoms. The lowest BCUT2D eigenvalue weighted by molar-refractivity contribution is 0.0952. The number of hydrogen-bond acceptors (Lipinski definition) is 4. The smallest absolute Gasteiger partial charge is 0.179 e. The molecule has 2 aliphatic rings. The molecule has 1 saturated heterocycles. The van der Waals surface area contributed by atoms with Crippen LogP contribution in [0.1, 0.15) is 36.5 Å². The fourth-order valence-corrected chi connectivity index (χ4v) is 3.01. The van der Waals surface area contributed by atoms with E-state index in [0.717, 1.165) is 49.4 Å². The summed E-state index contributed by atoms with van der Waals surface area (Å²) in [5, 5.41) is 3.27. The van der Waals surface area contributed by atoms with E-state index in [2.05, 4.69) is 24.2 Å². The molecule has 1 fully saturated rings. The molecule has 0 radical (unpaired) electrons. The van der Waals surface area contributed by atoms with Crippen LogP contribution in [0.25, 0.3) is 0 Å². The van der Waals surface area contributed by atoms with Gasteiger partial charge in [-0.15, -0.1) is 0 Å². The first-order valence-corrected chi connectivity index (χ1v) is 7.48. The summed E-state index contributed by atoms with van der Waals surface area (Å²) in [7, 11) is 2.06. The number of carbonyl (C=O) groups is 1. The standard InChI is InChI=1S/C16H22N2O2/c1-3-12-10-18(2)14-9-11(6-7-15(14)20-12)16(19)13-5-4-8-17-13/h6-7,9,12-13,17H,3-5,8,10H2,1-2H3. The first kappa shape index (κ1) is 13.4. The van der Waals surface area contributed by atoms with Crippen LogP contribution in [0.3, 0.4) is 0 Å². The molecule has 0 spiro atoms. The van der Waals surface area contributed by atoms with Crippen LogP contribution in [0, 0.1) is 0 Å². The van der Waals surface area contributed by atoms with Gasteiger partial charge >= 0.3 is 0 Å². The number of rotatable bonds is 3. The first-order chi connectivity index (χ1) is 9.69. The lowest BCUT2D eigenvalue weighted by Gasteiger charge is -2.33. The Kier molecular flexibility index (Phi) is 3.66. The Morgan fingerprint density at radius 3 is 3.05 bits per heavy atom. The van der Waals surface area contributed by atoms with Crippen LogP contribution in [-0.4, -0.2) is 38.1 Å². The van der Waals surface area contributed by atoms with Crippen LogP contribution in [0.15, 0.2) is 18.2 Å². The number of likely N-dealkylation sites (N-methyl/N-ethyl adjacent to an activating group) is 1. The number of benzene rings is 1. The summed E-state index contributed by atoms with van der Waals surface area (Å²) in [4.78, 5) is 14.6. The highest BCUT2D eigenvalue weighted by Crippen LogP contribution is 2.34. The van der Waals surface area contributed by atoms with E-state index >= 15 is 0 Å². The quantitative estimate of drug-likeness (QED) is 0.858. The largest absolute Gasteiger partial charge is 0.486 e. The molecule has 1 aromatic rings. The van der Waals surface area contributed by atoms with Crippen molar-refractivity contribution < 1.29 is 9.53 Å². The van der Waals surface area contributed by atoms with E-state index in [1.807, 2.05) is 18.2 Å². The number of nitrogens with zero attached hydrogens (tertiary/aromatic N) is 1. The van der Waals surface area contributed by atoms with Gasteiger partial charge in [-0.25, -0.2) is 0 Å². The van der Waals surface area contributed by atoms with Crippen LogP contribution >= 0.6 is 0 Å². The maximum absolute atomic E-state index is 12.4. The predicted octanol–water partition coefficient (Wildman–Crippen LogP) is 2.23. The number of hydrogen-bond donors (Lipinski definition) is 1. The second-order valence-electron chi connectivity index (χ2n) is 5.72. The fourth-order valence-electron chi connectivity index (χ4n) is 3.01. The van der Waals surface area contributed by atoms with Gasteiger partial charge in [-0.2, -0.15) is 0 Å². The summed E-state index contributed by atoms with van der Waals surface area (Å²) in [5.74, 6) is 1.10. The Hall–Kier alpha value is -1.55. The van der Waals surface area contributed by atoms with Crippen LogP contribution in [0.2, 0.25) is 0 Å². The molecule has 2 heterocycles. The molecule has 4 nitrogen and oxygen atoms in total. The normalized spacial score (nSPS) is 25.2. The van der Waals surface area contributed by atoms with Crippen molar-refractivity contribution in [1.29, 1.82) is 0 Å². The zero-order chi connectivity index (χ0) is 14.1. The molecular weight excluding hydrogens is 252 g/mol. The van der Waals surface area contributed by atoms with Gasteiger partial charge in [-0.1, -0.05) is 6.92 Å². The van der Waals surface area contributed by atoms with Crippen LogP contribution < -0.4 is 15.0 Å². The van der Waals surface area contributed by atoms with Gasteiger partial charge in [-0.3, -0.25) is 4.79 Å². The first-order valence-electron chi connectivity index (χ1n) is 7.48. The highest BCUT2D eigenvalue weighted by molar-refractivity contribution is 6.01. The summed E-state index contributed by atoms with van der Waals surface area (Å²) in [6, 6.07) is 5.80. The SMILES string of the molecule is CCC1CN(C)c2cc(C(=O)C3CCCN3)ccc2O1. The number of carbonyl (C=O) groups excluding carboxylic acids is 1. The van der Waals surface area contributed by atoms with Crippen molar-refractivity contribution in [3.05, 3.63) is 23.8 Å². The topological polar surface area (TPSA) is 41.6 Å². The van der Waals surface area contributed by atoms with Gasteiger partial charge < -0.3 is 15.0 Å². The van der Waals surface area contributed by atoms with Gasteiger partial charge in [0.15, 0.2) is 5.78 Å². The highest BCUT2D eigenvalue weighted by atomic mass is 16.5. The van der Waals surface area contributed by atoms with Crippen molar-refractivity contribution in [3.63, 3.8) is 0 Å². The maximum atomic E-state index is 12.4. The van der Waals surface area contributed by atoms with Crippen molar-refractivity contribution in [2.45, 2.75) is 38.3 Å². The third-order valence-corrected chi connectivity index (χ3v) is 4.26. The Balaban J connectivity index is 1.85. The Bertz CT molecular complexity index is 509. The van der Waals surface area contributed by atoms with E-state index < -0.39 is 0 Å². The zero-order valence-electron chi connectivity index (χ0n) is 12.2. The van der Waals surface area contributed by atoms with Gasteiger partial charge in [0.05, 0.1) is 18.3 Å². The van der Waals surface area contributed by atoms with Crippen molar-refractivity contribution >= 4 is 11.5 Å². The summed E-state index contributed by atoms with van der Waals surface area (Å²) >= 11 is 0. The van der Waals surface area contributed by atoms with Crippen molar-refractivity contribution in [1.82, 2.24) is 5.32 Å². The number of nitrogens with one attached hydrogen (secondary N) is 1. The molecule has 3 rings (SSSR count). The molecule has 0 amide bonds. The third-order valence-electron chi connectivity index (χ3n) is 4.26. The molecule has 0 aliphatic carbocycles. The second kappa shape index (κ2) is 5.44. The Morgan fingerprint density at radius 2 is 2.35 bits per heavy atom. The number of ether oxygens (including phenoxy) is 1. The van der Waals surface area contributed by atoms with Crippen LogP contribution in [0.5, 0.6) is 5.75 Å². The average Bonchev–Trinajstić information content (AvgIpc) is 3.00. The number of Topliss-reactive ketones (excluding diaryl/α,β-unsaturated/α-hetero) is 1. The molecule has 20 heavy (non-hydrogen) atoms. The summed E-state index contributed by atoms with van der Waals surface area (Å²) in [6.45, 7) is 3.96. The minimum absolute atomic E-state index is 0.00810. The minimum Gasteiger partial charge on any atom is -0.486 e. The molecule has 0 aromatic heterocycles. The summed E-state index contributed by atoms with van der Waals surface area (Å²) < 4.78 is 5.94. The van der Waals surface area contributed by atoms with Gasteiger partial charge in [0.1, 0.15) is 11.9 Å². The van der Waals surface area contributed by atoms with E-state index in [4.69, 9.17) is 4.74 Å². The van der Waals surface area contributed by atoms with E-state index in [1.54, 1.807) is 0 Å². The fraction of sp³-hybridized carbons (Fsp3) is 0.562. The van der Waals surface area contributed by atoms with Crippen LogP contribution in [-0.2, 0) is 0 Å². The van der Waals surface area contributed by atoms with Gasteiger partial charge in [0.25, 0.3) is 0 Å². The lowest BCUT2D eigenvalue weighted by Crippen LogP contribution is -2.37. The highest BCUT2D eigenvalue weighted by Gasteiger charge is 2.26. The van der Waals surface area contributed by atoms with E-state index in [0.29, 0.717) is 0 Å². The van der Waals surface area contributed by atoms with E-state index in [9.17, 15) is 4.79 Å². The van der Waals surface area contributed by atoms with Gasteiger partial charge in [0.2, 0.25) is 0 Å². The molecule has 2 unspecified atom stereocenters. The zero-order valence-corrected chi connectivity index (χ0v) is 12.2. The Labute approximate surface area is 120 Å². The molecule has 1 N–H and O–H groups in total. The monoisotopic (exact) mass is 274 g/mol. The number of ketones is 1.